The lowest BCUT2D eigenvalue weighted by molar-refractivity contribution is 0.463. The maximum absolute atomic E-state index is 5.57. The van der Waals surface area contributed by atoms with Gasteiger partial charge in [-0.15, -0.1) is 24.0 Å². The summed E-state index contributed by atoms with van der Waals surface area (Å²) in [5, 5.41) is 6.62. The Morgan fingerprint density at radius 1 is 1.21 bits per heavy atom. The van der Waals surface area contributed by atoms with E-state index in [1.165, 1.54) is 5.56 Å². The minimum absolute atomic E-state index is 0. The SMILES string of the molecule is CCC(CNC(=NC)NCc1nc(C)c(C)o1)c1ccccc1.I. The van der Waals surface area contributed by atoms with Crippen LogP contribution in [0.2, 0.25) is 0 Å². The number of oxazole rings is 1. The van der Waals surface area contributed by atoms with Crippen molar-refractivity contribution in [3.63, 3.8) is 0 Å². The van der Waals surface area contributed by atoms with Gasteiger partial charge in [0, 0.05) is 19.5 Å². The molecule has 132 valence electrons. The van der Waals surface area contributed by atoms with Crippen molar-refractivity contribution in [3.8, 4) is 0 Å². The van der Waals surface area contributed by atoms with Crippen LogP contribution in [0, 0.1) is 13.8 Å². The molecule has 0 saturated heterocycles. The Morgan fingerprint density at radius 2 is 1.92 bits per heavy atom. The van der Waals surface area contributed by atoms with Crippen LogP contribution in [0.15, 0.2) is 39.7 Å². The molecule has 1 heterocycles. The number of nitrogens with zero attached hydrogens (tertiary/aromatic N) is 2. The van der Waals surface area contributed by atoms with Gasteiger partial charge in [0.05, 0.1) is 12.2 Å². The first kappa shape index (κ1) is 20.5. The average Bonchev–Trinajstić information content (AvgIpc) is 2.90. The van der Waals surface area contributed by atoms with E-state index in [-0.39, 0.29) is 24.0 Å². The molecule has 0 radical (unpaired) electrons. The zero-order valence-corrected chi connectivity index (χ0v) is 17.1. The minimum Gasteiger partial charge on any atom is -0.444 e. The van der Waals surface area contributed by atoms with Gasteiger partial charge in [-0.25, -0.2) is 4.98 Å². The average molecular weight is 442 g/mol. The number of nitrogens with one attached hydrogen (secondary N) is 2. The summed E-state index contributed by atoms with van der Waals surface area (Å²) in [5.74, 6) is 2.76. The summed E-state index contributed by atoms with van der Waals surface area (Å²) in [6, 6.07) is 10.6. The Morgan fingerprint density at radius 3 is 2.46 bits per heavy atom. The highest BCUT2D eigenvalue weighted by Gasteiger charge is 2.10. The standard InChI is InChI=1S/C18H26N4O.HI/c1-5-15(16-9-7-6-8-10-16)11-20-18(19-4)21-12-17-22-13(2)14(3)23-17;/h6-10,15H,5,11-12H2,1-4H3,(H2,19,20,21);1H. The molecule has 1 aromatic carbocycles. The molecule has 0 aliphatic rings. The molecule has 0 spiro atoms. The second-order valence-electron chi connectivity index (χ2n) is 5.57. The number of benzene rings is 1. The number of guanidine groups is 1. The fourth-order valence-corrected chi connectivity index (χ4v) is 2.44. The number of rotatable bonds is 6. The number of hydrogen-bond donors (Lipinski definition) is 2. The molecule has 5 nitrogen and oxygen atoms in total. The Kier molecular flexibility index (Phi) is 8.81. The second-order valence-corrected chi connectivity index (χ2v) is 5.57. The lowest BCUT2D eigenvalue weighted by atomic mass is 9.97. The quantitative estimate of drug-likeness (QED) is 0.406. The van der Waals surface area contributed by atoms with Crippen molar-refractivity contribution in [2.75, 3.05) is 13.6 Å². The highest BCUT2D eigenvalue weighted by molar-refractivity contribution is 14.0. The highest BCUT2D eigenvalue weighted by Crippen LogP contribution is 2.17. The van der Waals surface area contributed by atoms with Crippen LogP contribution in [0.25, 0.3) is 0 Å². The van der Waals surface area contributed by atoms with E-state index in [1.807, 2.05) is 19.9 Å². The molecule has 1 atom stereocenters. The molecule has 0 aliphatic carbocycles. The molecule has 1 aromatic heterocycles. The lowest BCUT2D eigenvalue weighted by Crippen LogP contribution is -2.39. The summed E-state index contributed by atoms with van der Waals surface area (Å²) < 4.78 is 5.57. The predicted molar refractivity (Wildman–Crippen MR) is 109 cm³/mol. The third-order valence-corrected chi connectivity index (χ3v) is 3.98. The fourth-order valence-electron chi connectivity index (χ4n) is 2.44. The van der Waals surface area contributed by atoms with Crippen LogP contribution in [0.1, 0.15) is 42.2 Å². The van der Waals surface area contributed by atoms with Crippen LogP contribution in [0.5, 0.6) is 0 Å². The largest absolute Gasteiger partial charge is 0.444 e. The molecule has 0 fully saturated rings. The monoisotopic (exact) mass is 442 g/mol. The number of aryl methyl sites for hydroxylation is 2. The van der Waals surface area contributed by atoms with Gasteiger partial charge in [-0.3, -0.25) is 4.99 Å². The predicted octanol–water partition coefficient (Wildman–Crippen LogP) is 3.77. The van der Waals surface area contributed by atoms with Gasteiger partial charge >= 0.3 is 0 Å². The molecule has 0 aliphatic heterocycles. The molecule has 6 heteroatoms. The Hall–Kier alpha value is -1.57. The van der Waals surface area contributed by atoms with Crippen LogP contribution in [0.4, 0.5) is 0 Å². The third kappa shape index (κ3) is 5.81. The van der Waals surface area contributed by atoms with Gasteiger partial charge in [0.15, 0.2) is 5.96 Å². The number of halogens is 1. The summed E-state index contributed by atoms with van der Waals surface area (Å²) >= 11 is 0. The molecule has 0 bridgehead atoms. The van der Waals surface area contributed by atoms with Gasteiger partial charge in [-0.2, -0.15) is 0 Å². The molecule has 2 aromatic rings. The molecule has 0 saturated carbocycles. The van der Waals surface area contributed by atoms with E-state index in [0.717, 1.165) is 30.4 Å². The number of aromatic nitrogens is 1. The number of aliphatic imine (C=N–C) groups is 1. The first-order valence-electron chi connectivity index (χ1n) is 8.06. The summed E-state index contributed by atoms with van der Waals surface area (Å²) in [4.78, 5) is 8.62. The number of hydrogen-bond acceptors (Lipinski definition) is 3. The van der Waals surface area contributed by atoms with E-state index in [4.69, 9.17) is 4.42 Å². The van der Waals surface area contributed by atoms with Crippen LogP contribution in [0.3, 0.4) is 0 Å². The molecular formula is C18H27IN4O. The van der Waals surface area contributed by atoms with Crippen LogP contribution < -0.4 is 10.6 Å². The third-order valence-electron chi connectivity index (χ3n) is 3.98. The Balaban J connectivity index is 0.00000288. The van der Waals surface area contributed by atoms with Crippen LogP contribution in [-0.4, -0.2) is 24.5 Å². The van der Waals surface area contributed by atoms with Crippen LogP contribution in [-0.2, 0) is 6.54 Å². The first-order chi connectivity index (χ1) is 11.1. The Bertz CT molecular complexity index is 620. The van der Waals surface area contributed by atoms with Crippen LogP contribution >= 0.6 is 24.0 Å². The van der Waals surface area contributed by atoms with Crippen molar-refractivity contribution in [2.24, 2.45) is 4.99 Å². The van der Waals surface area contributed by atoms with Gasteiger partial charge in [0.2, 0.25) is 5.89 Å². The molecule has 1 unspecified atom stereocenters. The molecule has 24 heavy (non-hydrogen) atoms. The fraction of sp³-hybridized carbons (Fsp3) is 0.444. The normalized spacial score (nSPS) is 12.4. The van der Waals surface area contributed by atoms with Crippen molar-refractivity contribution < 1.29 is 4.42 Å². The smallest absolute Gasteiger partial charge is 0.214 e. The summed E-state index contributed by atoms with van der Waals surface area (Å²) in [7, 11) is 1.77. The van der Waals surface area contributed by atoms with Crippen molar-refractivity contribution in [3.05, 3.63) is 53.2 Å². The zero-order valence-electron chi connectivity index (χ0n) is 14.8. The molecular weight excluding hydrogens is 415 g/mol. The second kappa shape index (κ2) is 10.3. The van der Waals surface area contributed by atoms with E-state index >= 15 is 0 Å². The lowest BCUT2D eigenvalue weighted by Gasteiger charge is -2.18. The van der Waals surface area contributed by atoms with Crippen molar-refractivity contribution in [2.45, 2.75) is 39.7 Å². The maximum Gasteiger partial charge on any atom is 0.214 e. The van der Waals surface area contributed by atoms with E-state index in [2.05, 4.69) is 51.8 Å². The van der Waals surface area contributed by atoms with E-state index in [0.29, 0.717) is 18.4 Å². The first-order valence-corrected chi connectivity index (χ1v) is 8.06. The van der Waals surface area contributed by atoms with Gasteiger partial charge in [-0.05, 0) is 25.8 Å². The van der Waals surface area contributed by atoms with Gasteiger partial charge in [0.1, 0.15) is 5.76 Å². The molecule has 0 amide bonds. The van der Waals surface area contributed by atoms with E-state index in [9.17, 15) is 0 Å². The minimum atomic E-state index is 0. The van der Waals surface area contributed by atoms with Crippen molar-refractivity contribution in [1.82, 2.24) is 15.6 Å². The highest BCUT2D eigenvalue weighted by atomic mass is 127. The topological polar surface area (TPSA) is 62.5 Å². The maximum atomic E-state index is 5.57. The Labute approximate surface area is 161 Å². The zero-order chi connectivity index (χ0) is 16.7. The summed E-state index contributed by atoms with van der Waals surface area (Å²) in [6.45, 7) is 7.43. The summed E-state index contributed by atoms with van der Waals surface area (Å²) in [6.07, 6.45) is 1.08. The van der Waals surface area contributed by atoms with E-state index in [1.54, 1.807) is 7.05 Å². The molecule has 2 rings (SSSR count). The van der Waals surface area contributed by atoms with Crippen molar-refractivity contribution >= 4 is 29.9 Å². The van der Waals surface area contributed by atoms with Crippen molar-refractivity contribution in [1.29, 1.82) is 0 Å². The van der Waals surface area contributed by atoms with Gasteiger partial charge < -0.3 is 15.1 Å². The summed E-state index contributed by atoms with van der Waals surface area (Å²) in [5.41, 5.74) is 2.27. The van der Waals surface area contributed by atoms with E-state index < -0.39 is 0 Å². The molecule has 2 N–H and O–H groups in total. The van der Waals surface area contributed by atoms with Gasteiger partial charge in [-0.1, -0.05) is 37.3 Å². The van der Waals surface area contributed by atoms with Gasteiger partial charge in [0.25, 0.3) is 0 Å².